The van der Waals surface area contributed by atoms with Gasteiger partial charge in [0.05, 0.1) is 6.10 Å². The van der Waals surface area contributed by atoms with Crippen LogP contribution in [-0.2, 0) is 0 Å². The summed E-state index contributed by atoms with van der Waals surface area (Å²) in [7, 11) is 0. The minimum Gasteiger partial charge on any atom is -0.392 e. The van der Waals surface area contributed by atoms with E-state index in [9.17, 15) is 5.11 Å². The molecule has 0 aliphatic heterocycles. The Labute approximate surface area is 99.3 Å². The second-order valence-electron chi connectivity index (χ2n) is 5.53. The molecule has 2 atom stereocenters. The molecule has 0 aromatic carbocycles. The van der Waals surface area contributed by atoms with E-state index in [2.05, 4.69) is 18.4 Å². The first-order chi connectivity index (χ1) is 7.72. The fourth-order valence-electron chi connectivity index (χ4n) is 2.55. The van der Waals surface area contributed by atoms with Crippen molar-refractivity contribution in [3.8, 4) is 0 Å². The first-order valence-corrected chi connectivity index (χ1v) is 6.77. The van der Waals surface area contributed by atoms with Crippen LogP contribution in [0.3, 0.4) is 0 Å². The van der Waals surface area contributed by atoms with E-state index in [1.807, 2.05) is 6.08 Å². The lowest BCUT2D eigenvalue weighted by Crippen LogP contribution is -2.41. The summed E-state index contributed by atoms with van der Waals surface area (Å²) in [5, 5.41) is 9.99. The van der Waals surface area contributed by atoms with Crippen LogP contribution in [0.1, 0.15) is 45.4 Å². The monoisotopic (exact) mass is 223 g/mol. The van der Waals surface area contributed by atoms with E-state index in [1.54, 1.807) is 0 Å². The van der Waals surface area contributed by atoms with Crippen LogP contribution < -0.4 is 0 Å². The van der Waals surface area contributed by atoms with Crippen LogP contribution in [0.25, 0.3) is 0 Å². The molecular formula is C14H25NO. The Morgan fingerprint density at radius 2 is 2.06 bits per heavy atom. The molecule has 0 radical (unpaired) electrons. The summed E-state index contributed by atoms with van der Waals surface area (Å²) >= 11 is 0. The molecule has 0 spiro atoms. The first kappa shape index (κ1) is 12.1. The first-order valence-electron chi connectivity index (χ1n) is 6.77. The van der Waals surface area contributed by atoms with Gasteiger partial charge in [0.15, 0.2) is 0 Å². The van der Waals surface area contributed by atoms with Crippen molar-refractivity contribution in [2.45, 2.75) is 63.6 Å². The lowest BCUT2D eigenvalue weighted by Gasteiger charge is -2.31. The average molecular weight is 223 g/mol. The van der Waals surface area contributed by atoms with Gasteiger partial charge in [0.2, 0.25) is 0 Å². The van der Waals surface area contributed by atoms with Crippen LogP contribution in [0.5, 0.6) is 0 Å². The van der Waals surface area contributed by atoms with Crippen LogP contribution in [0.4, 0.5) is 0 Å². The molecule has 2 aliphatic rings. The molecular weight excluding hydrogens is 198 g/mol. The molecule has 2 unspecified atom stereocenters. The van der Waals surface area contributed by atoms with Gasteiger partial charge in [-0.05, 0) is 51.4 Å². The van der Waals surface area contributed by atoms with Crippen molar-refractivity contribution in [1.29, 1.82) is 0 Å². The van der Waals surface area contributed by atoms with Crippen molar-refractivity contribution in [1.82, 2.24) is 4.90 Å². The average Bonchev–Trinajstić information content (AvgIpc) is 3.13. The van der Waals surface area contributed by atoms with Crippen LogP contribution in [0.2, 0.25) is 0 Å². The third-order valence-electron chi connectivity index (χ3n) is 3.97. The van der Waals surface area contributed by atoms with E-state index in [4.69, 9.17) is 0 Å². The van der Waals surface area contributed by atoms with E-state index in [0.29, 0.717) is 6.04 Å². The molecule has 0 aromatic heterocycles. The number of rotatable bonds is 8. The molecule has 1 N–H and O–H groups in total. The Balaban J connectivity index is 1.79. The third kappa shape index (κ3) is 3.33. The van der Waals surface area contributed by atoms with Crippen molar-refractivity contribution < 1.29 is 5.11 Å². The quantitative estimate of drug-likeness (QED) is 0.639. The Bertz CT molecular complexity index is 233. The molecule has 2 fully saturated rings. The zero-order chi connectivity index (χ0) is 11.5. The molecule has 0 saturated heterocycles. The Kier molecular flexibility index (Phi) is 4.04. The maximum absolute atomic E-state index is 9.99. The molecule has 16 heavy (non-hydrogen) atoms. The van der Waals surface area contributed by atoms with Gasteiger partial charge in [-0.3, -0.25) is 4.90 Å². The van der Waals surface area contributed by atoms with Gasteiger partial charge in [0.25, 0.3) is 0 Å². The summed E-state index contributed by atoms with van der Waals surface area (Å²) in [4.78, 5) is 2.56. The van der Waals surface area contributed by atoms with Crippen molar-refractivity contribution in [2.24, 2.45) is 5.92 Å². The molecule has 0 heterocycles. The largest absolute Gasteiger partial charge is 0.392 e. The summed E-state index contributed by atoms with van der Waals surface area (Å²) in [6, 6.07) is 1.46. The lowest BCUT2D eigenvalue weighted by molar-refractivity contribution is 0.0745. The topological polar surface area (TPSA) is 23.5 Å². The molecule has 0 aromatic rings. The van der Waals surface area contributed by atoms with Crippen molar-refractivity contribution in [3.05, 3.63) is 12.7 Å². The second kappa shape index (κ2) is 5.33. The normalized spacial score (nSPS) is 24.4. The molecule has 2 heteroatoms. The van der Waals surface area contributed by atoms with Crippen LogP contribution in [0.15, 0.2) is 12.7 Å². The van der Waals surface area contributed by atoms with Crippen LogP contribution >= 0.6 is 0 Å². The summed E-state index contributed by atoms with van der Waals surface area (Å²) in [6.07, 6.45) is 8.99. The number of aliphatic hydroxyl groups excluding tert-OH is 1. The van der Waals surface area contributed by atoms with Gasteiger partial charge >= 0.3 is 0 Å². The van der Waals surface area contributed by atoms with E-state index >= 15 is 0 Å². The second-order valence-corrected chi connectivity index (χ2v) is 5.53. The van der Waals surface area contributed by atoms with Crippen molar-refractivity contribution in [2.75, 3.05) is 6.54 Å². The fourth-order valence-corrected chi connectivity index (χ4v) is 2.55. The van der Waals surface area contributed by atoms with Crippen molar-refractivity contribution in [3.63, 3.8) is 0 Å². The Hall–Kier alpha value is -0.340. The minimum atomic E-state index is -0.167. The van der Waals surface area contributed by atoms with Crippen LogP contribution in [0, 0.1) is 5.92 Å². The predicted molar refractivity (Wildman–Crippen MR) is 67.4 cm³/mol. The molecule has 2 rings (SSSR count). The Morgan fingerprint density at radius 3 is 2.56 bits per heavy atom. The number of hydrogen-bond acceptors (Lipinski definition) is 2. The van der Waals surface area contributed by atoms with Gasteiger partial charge in [-0.1, -0.05) is 6.08 Å². The molecule has 0 amide bonds. The number of allylic oxidation sites excluding steroid dienone is 1. The minimum absolute atomic E-state index is 0.167. The Morgan fingerprint density at radius 1 is 1.38 bits per heavy atom. The zero-order valence-corrected chi connectivity index (χ0v) is 10.4. The molecule has 0 bridgehead atoms. The maximum atomic E-state index is 9.99. The van der Waals surface area contributed by atoms with Gasteiger partial charge in [0, 0.05) is 18.6 Å². The summed E-state index contributed by atoms with van der Waals surface area (Å²) in [6.45, 7) is 6.92. The van der Waals surface area contributed by atoms with Gasteiger partial charge in [0.1, 0.15) is 0 Å². The molecule has 92 valence electrons. The highest BCUT2D eigenvalue weighted by Crippen LogP contribution is 2.39. The maximum Gasteiger partial charge on any atom is 0.0670 e. The fraction of sp³-hybridized carbons (Fsp3) is 0.857. The molecule has 2 saturated carbocycles. The standard InChI is InChI=1S/C14H25NO/c1-3-4-5-14(16)10-15(13-8-9-13)11(2)12-6-7-12/h3,11-14,16H,1,4-10H2,2H3. The van der Waals surface area contributed by atoms with Gasteiger partial charge in [-0.15, -0.1) is 6.58 Å². The summed E-state index contributed by atoms with van der Waals surface area (Å²) in [5.74, 6) is 0.909. The highest BCUT2D eigenvalue weighted by atomic mass is 16.3. The van der Waals surface area contributed by atoms with Crippen molar-refractivity contribution >= 4 is 0 Å². The van der Waals surface area contributed by atoms with Gasteiger partial charge in [-0.2, -0.15) is 0 Å². The van der Waals surface area contributed by atoms with E-state index in [-0.39, 0.29) is 6.10 Å². The number of hydrogen-bond donors (Lipinski definition) is 1. The predicted octanol–water partition coefficient (Wildman–Crippen LogP) is 2.58. The SMILES string of the molecule is C=CCCC(O)CN(C1CC1)C(C)C1CC1. The number of nitrogens with zero attached hydrogens (tertiary/aromatic N) is 1. The molecule has 2 nitrogen and oxygen atoms in total. The summed E-state index contributed by atoms with van der Waals surface area (Å²) < 4.78 is 0. The number of aliphatic hydroxyl groups is 1. The lowest BCUT2D eigenvalue weighted by atomic mass is 10.1. The van der Waals surface area contributed by atoms with E-state index in [0.717, 1.165) is 31.3 Å². The van der Waals surface area contributed by atoms with E-state index < -0.39 is 0 Å². The van der Waals surface area contributed by atoms with Gasteiger partial charge in [-0.25, -0.2) is 0 Å². The third-order valence-corrected chi connectivity index (χ3v) is 3.97. The highest BCUT2D eigenvalue weighted by Gasteiger charge is 2.39. The molecule has 2 aliphatic carbocycles. The van der Waals surface area contributed by atoms with Crippen LogP contribution in [-0.4, -0.2) is 34.7 Å². The smallest absolute Gasteiger partial charge is 0.0670 e. The van der Waals surface area contributed by atoms with E-state index in [1.165, 1.54) is 25.7 Å². The summed E-state index contributed by atoms with van der Waals surface area (Å²) in [5.41, 5.74) is 0. The van der Waals surface area contributed by atoms with Gasteiger partial charge < -0.3 is 5.11 Å². The highest BCUT2D eigenvalue weighted by molar-refractivity contribution is 4.94. The zero-order valence-electron chi connectivity index (χ0n) is 10.4.